The number of carbonyl (C=O) groups excluding carboxylic acids is 1. The van der Waals surface area contributed by atoms with Gasteiger partial charge in [-0.15, -0.1) is 0 Å². The Balaban J connectivity index is 2.06. The summed E-state index contributed by atoms with van der Waals surface area (Å²) in [6.07, 6.45) is 4.27. The van der Waals surface area contributed by atoms with Crippen LogP contribution in [0.1, 0.15) is 42.4 Å². The van der Waals surface area contributed by atoms with E-state index in [4.69, 9.17) is 4.98 Å². The molecule has 0 spiro atoms. The second-order valence-electron chi connectivity index (χ2n) is 6.17. The zero-order chi connectivity index (χ0) is 16.9. The molecule has 1 amide bonds. The van der Waals surface area contributed by atoms with Crippen LogP contribution < -0.4 is 0 Å². The van der Waals surface area contributed by atoms with Crippen LogP contribution >= 0.6 is 0 Å². The Hall–Kier alpha value is -2.14. The smallest absolute Gasteiger partial charge is 0.274 e. The third-order valence-electron chi connectivity index (χ3n) is 4.64. The van der Waals surface area contributed by atoms with Crippen LogP contribution in [0.3, 0.4) is 0 Å². The molecule has 0 fully saturated rings. The summed E-state index contributed by atoms with van der Waals surface area (Å²) < 4.78 is 2.22. The molecule has 128 valence electrons. The van der Waals surface area contributed by atoms with E-state index in [1.54, 1.807) is 4.90 Å². The molecule has 0 saturated heterocycles. The van der Waals surface area contributed by atoms with E-state index in [2.05, 4.69) is 4.57 Å². The van der Waals surface area contributed by atoms with E-state index < -0.39 is 0 Å². The van der Waals surface area contributed by atoms with Crippen LogP contribution in [0.25, 0.3) is 11.4 Å². The molecule has 0 radical (unpaired) electrons. The molecule has 1 aliphatic rings. The normalized spacial score (nSPS) is 14.1. The number of carbonyl (C=O) groups is 1. The third-order valence-corrected chi connectivity index (χ3v) is 4.64. The van der Waals surface area contributed by atoms with Crippen molar-refractivity contribution in [2.75, 3.05) is 19.7 Å². The van der Waals surface area contributed by atoms with E-state index >= 15 is 0 Å². The Labute approximate surface area is 142 Å². The van der Waals surface area contributed by atoms with Gasteiger partial charge in [0.15, 0.2) is 0 Å². The second-order valence-corrected chi connectivity index (χ2v) is 6.17. The summed E-state index contributed by atoms with van der Waals surface area (Å²) in [6.45, 7) is 3.74. The van der Waals surface area contributed by atoms with Gasteiger partial charge in [-0.1, -0.05) is 36.8 Å². The lowest BCUT2D eigenvalue weighted by Gasteiger charge is -2.19. The summed E-state index contributed by atoms with van der Waals surface area (Å²) in [6, 6.07) is 10.1. The van der Waals surface area contributed by atoms with Gasteiger partial charge in [0.05, 0.1) is 12.3 Å². The monoisotopic (exact) mass is 327 g/mol. The minimum Gasteiger partial charge on any atom is -0.395 e. The van der Waals surface area contributed by atoms with Crippen LogP contribution in [0.2, 0.25) is 0 Å². The second kappa shape index (κ2) is 7.62. The van der Waals surface area contributed by atoms with Crippen molar-refractivity contribution >= 4 is 5.91 Å². The number of likely N-dealkylation sites (N-methyl/N-ethyl adjacent to an activating group) is 1. The number of amides is 1. The van der Waals surface area contributed by atoms with Gasteiger partial charge < -0.3 is 14.6 Å². The first-order chi connectivity index (χ1) is 11.8. The molecular weight excluding hydrogens is 302 g/mol. The Morgan fingerprint density at radius 2 is 2.04 bits per heavy atom. The predicted molar refractivity (Wildman–Crippen MR) is 93.9 cm³/mol. The molecule has 1 aromatic heterocycles. The first-order valence-electron chi connectivity index (χ1n) is 8.81. The van der Waals surface area contributed by atoms with E-state index in [1.165, 1.54) is 6.42 Å². The first-order valence-corrected chi connectivity index (χ1v) is 8.81. The maximum Gasteiger partial charge on any atom is 0.274 e. The van der Waals surface area contributed by atoms with E-state index in [1.807, 2.05) is 37.3 Å². The minimum absolute atomic E-state index is 0.0266. The average molecular weight is 327 g/mol. The number of nitrogens with zero attached hydrogens (tertiary/aromatic N) is 3. The Morgan fingerprint density at radius 1 is 1.25 bits per heavy atom. The molecule has 1 aromatic carbocycles. The molecular formula is C19H25N3O2. The molecule has 5 nitrogen and oxygen atoms in total. The van der Waals surface area contributed by atoms with Gasteiger partial charge in [-0.25, -0.2) is 4.98 Å². The highest BCUT2D eigenvalue weighted by Gasteiger charge is 2.26. The van der Waals surface area contributed by atoms with Crippen LogP contribution in [-0.4, -0.2) is 45.2 Å². The fourth-order valence-electron chi connectivity index (χ4n) is 3.37. The van der Waals surface area contributed by atoms with Crippen molar-refractivity contribution in [2.24, 2.45) is 0 Å². The molecule has 5 heteroatoms. The molecule has 0 aliphatic carbocycles. The molecule has 0 saturated carbocycles. The van der Waals surface area contributed by atoms with Crippen molar-refractivity contribution < 1.29 is 9.90 Å². The van der Waals surface area contributed by atoms with Gasteiger partial charge in [0.25, 0.3) is 5.91 Å². The van der Waals surface area contributed by atoms with Crippen molar-refractivity contribution in [1.29, 1.82) is 0 Å². The van der Waals surface area contributed by atoms with Crippen molar-refractivity contribution in [2.45, 2.75) is 39.2 Å². The number of rotatable bonds is 5. The average Bonchev–Trinajstić information content (AvgIpc) is 2.81. The standard InChI is InChI=1S/C19H25N3O2/c1-2-21(13-14-23)19(24)17-16-11-7-4-8-12-22(16)18(20-17)15-9-5-3-6-10-15/h3,5-6,9-10,23H,2,4,7-8,11-14H2,1H3. The van der Waals surface area contributed by atoms with E-state index in [9.17, 15) is 9.90 Å². The number of imidazole rings is 1. The number of fused-ring (bicyclic) bond motifs is 1. The van der Waals surface area contributed by atoms with Crippen molar-refractivity contribution in [1.82, 2.24) is 14.5 Å². The van der Waals surface area contributed by atoms with Crippen molar-refractivity contribution in [3.63, 3.8) is 0 Å². The lowest BCUT2D eigenvalue weighted by molar-refractivity contribution is 0.0725. The van der Waals surface area contributed by atoms with Crippen molar-refractivity contribution in [3.05, 3.63) is 41.7 Å². The molecule has 0 unspecified atom stereocenters. The lowest BCUT2D eigenvalue weighted by atomic mass is 10.1. The molecule has 1 N–H and O–H groups in total. The maximum absolute atomic E-state index is 12.9. The minimum atomic E-state index is -0.0700. The highest BCUT2D eigenvalue weighted by Crippen LogP contribution is 2.27. The largest absolute Gasteiger partial charge is 0.395 e. The molecule has 0 bridgehead atoms. The third kappa shape index (κ3) is 3.22. The quantitative estimate of drug-likeness (QED) is 0.918. The van der Waals surface area contributed by atoms with Gasteiger partial charge in [0.2, 0.25) is 0 Å². The SMILES string of the molecule is CCN(CCO)C(=O)c1nc(-c2ccccc2)n2c1CCCCC2. The summed E-state index contributed by atoms with van der Waals surface area (Å²) in [4.78, 5) is 19.3. The fourth-order valence-corrected chi connectivity index (χ4v) is 3.37. The zero-order valence-corrected chi connectivity index (χ0v) is 14.2. The van der Waals surface area contributed by atoms with E-state index in [-0.39, 0.29) is 12.5 Å². The number of aromatic nitrogens is 2. The Kier molecular flexibility index (Phi) is 5.30. The lowest BCUT2D eigenvalue weighted by Crippen LogP contribution is -2.34. The first kappa shape index (κ1) is 16.7. The molecule has 0 atom stereocenters. The van der Waals surface area contributed by atoms with Crippen LogP contribution in [0, 0.1) is 0 Å². The highest BCUT2D eigenvalue weighted by atomic mass is 16.3. The van der Waals surface area contributed by atoms with Gasteiger partial charge >= 0.3 is 0 Å². The van der Waals surface area contributed by atoms with Crippen LogP contribution in [0.15, 0.2) is 30.3 Å². The molecule has 2 aromatic rings. The summed E-state index contributed by atoms with van der Waals surface area (Å²) in [7, 11) is 0. The van der Waals surface area contributed by atoms with Gasteiger partial charge in [-0.05, 0) is 26.2 Å². The molecule has 3 rings (SSSR count). The summed E-state index contributed by atoms with van der Waals surface area (Å²) in [5.41, 5.74) is 2.66. The van der Waals surface area contributed by atoms with Crippen molar-refractivity contribution in [3.8, 4) is 11.4 Å². The van der Waals surface area contributed by atoms with Crippen LogP contribution in [-0.2, 0) is 13.0 Å². The summed E-state index contributed by atoms with van der Waals surface area (Å²) in [5.74, 6) is 0.815. The number of aliphatic hydroxyl groups excluding tert-OH is 1. The highest BCUT2D eigenvalue weighted by molar-refractivity contribution is 5.94. The van der Waals surface area contributed by atoms with Gasteiger partial charge in [0.1, 0.15) is 11.5 Å². The zero-order valence-electron chi connectivity index (χ0n) is 14.2. The molecule has 24 heavy (non-hydrogen) atoms. The number of aliphatic hydroxyl groups is 1. The van der Waals surface area contributed by atoms with E-state index in [0.717, 1.165) is 42.9 Å². The topological polar surface area (TPSA) is 58.4 Å². The predicted octanol–water partition coefficient (Wildman–Crippen LogP) is 2.73. The van der Waals surface area contributed by atoms with Gasteiger partial charge in [-0.3, -0.25) is 4.79 Å². The Morgan fingerprint density at radius 3 is 2.75 bits per heavy atom. The number of benzene rings is 1. The van der Waals surface area contributed by atoms with Gasteiger partial charge in [-0.2, -0.15) is 0 Å². The summed E-state index contributed by atoms with van der Waals surface area (Å²) in [5, 5.41) is 9.21. The summed E-state index contributed by atoms with van der Waals surface area (Å²) >= 11 is 0. The van der Waals surface area contributed by atoms with E-state index in [0.29, 0.717) is 18.8 Å². The molecule has 1 aliphatic heterocycles. The van der Waals surface area contributed by atoms with Crippen LogP contribution in [0.4, 0.5) is 0 Å². The molecule has 2 heterocycles. The maximum atomic E-state index is 12.9. The number of hydrogen-bond acceptors (Lipinski definition) is 3. The van der Waals surface area contributed by atoms with Crippen LogP contribution in [0.5, 0.6) is 0 Å². The fraction of sp³-hybridized carbons (Fsp3) is 0.474. The Bertz CT molecular complexity index is 694. The number of hydrogen-bond donors (Lipinski definition) is 1. The van der Waals surface area contributed by atoms with Gasteiger partial charge in [0, 0.05) is 25.2 Å².